The average molecular weight is 394 g/mol. The van der Waals surface area contributed by atoms with Gasteiger partial charge in [-0.1, -0.05) is 18.2 Å². The van der Waals surface area contributed by atoms with Crippen molar-refractivity contribution in [3.05, 3.63) is 48.7 Å². The summed E-state index contributed by atoms with van der Waals surface area (Å²) in [4.78, 5) is 15.0. The molecule has 2 aromatic rings. The Hall–Kier alpha value is -2.49. The number of carbonyl (C=O) groups is 1. The van der Waals surface area contributed by atoms with E-state index in [2.05, 4.69) is 9.71 Å². The molecule has 0 aliphatic rings. The molecule has 1 aromatic heterocycles. The number of ether oxygens (including phenoxy) is 1. The minimum Gasteiger partial charge on any atom is -0.481 e. The van der Waals surface area contributed by atoms with Gasteiger partial charge in [0, 0.05) is 6.07 Å². The van der Waals surface area contributed by atoms with Crippen LogP contribution >= 0.6 is 0 Å². The normalized spacial score (nSPS) is 13.1. The fraction of sp³-hybridized carbons (Fsp3) is 0.333. The molecule has 1 atom stereocenters. The number of carboxylic acids is 1. The molecule has 9 heteroatoms. The fourth-order valence-corrected chi connectivity index (χ4v) is 3.67. The quantitative estimate of drug-likeness (QED) is 0.627. The van der Waals surface area contributed by atoms with Crippen LogP contribution in [0.25, 0.3) is 0 Å². The number of likely N-dealkylation sites (N-methyl/N-ethyl adjacent to an activating group) is 1. The SMILES string of the molecule is C[N+](C)(C)C[C@H](CC(=O)O)NS(=O)(=O)c1ccc(Oc2ccccc2)nc1. The van der Waals surface area contributed by atoms with Crippen LogP contribution in [-0.4, -0.2) is 62.7 Å². The first-order valence-corrected chi connectivity index (χ1v) is 9.77. The van der Waals surface area contributed by atoms with E-state index in [4.69, 9.17) is 9.84 Å². The number of aliphatic carboxylic acids is 1. The van der Waals surface area contributed by atoms with Gasteiger partial charge >= 0.3 is 5.97 Å². The predicted molar refractivity (Wildman–Crippen MR) is 100 cm³/mol. The van der Waals surface area contributed by atoms with Crippen molar-refractivity contribution in [2.45, 2.75) is 17.4 Å². The van der Waals surface area contributed by atoms with Crippen LogP contribution in [0.1, 0.15) is 6.42 Å². The lowest BCUT2D eigenvalue weighted by molar-refractivity contribution is -0.871. The maximum absolute atomic E-state index is 12.6. The summed E-state index contributed by atoms with van der Waals surface area (Å²) < 4.78 is 33.6. The van der Waals surface area contributed by atoms with Crippen LogP contribution in [0.5, 0.6) is 11.6 Å². The van der Waals surface area contributed by atoms with E-state index >= 15 is 0 Å². The number of carboxylic acid groups (broad SMARTS) is 1. The Bertz CT molecular complexity index is 862. The lowest BCUT2D eigenvalue weighted by Crippen LogP contribution is -2.49. The summed E-state index contributed by atoms with van der Waals surface area (Å²) in [6, 6.07) is 11.1. The number of benzene rings is 1. The molecular weight excluding hydrogens is 370 g/mol. The number of nitrogens with zero attached hydrogens (tertiary/aromatic N) is 2. The number of aromatic nitrogens is 1. The first-order valence-electron chi connectivity index (χ1n) is 8.29. The number of nitrogens with one attached hydrogen (secondary N) is 1. The van der Waals surface area contributed by atoms with Crippen molar-refractivity contribution in [2.75, 3.05) is 27.7 Å². The number of pyridine rings is 1. The monoisotopic (exact) mass is 394 g/mol. The van der Waals surface area contributed by atoms with Crippen molar-refractivity contribution < 1.29 is 27.5 Å². The van der Waals surface area contributed by atoms with Gasteiger partial charge in [0.15, 0.2) is 0 Å². The second kappa shape index (κ2) is 8.47. The molecular formula is C18H24N3O5S+. The third-order valence-electron chi connectivity index (χ3n) is 3.50. The van der Waals surface area contributed by atoms with Crippen LogP contribution in [0.3, 0.4) is 0 Å². The van der Waals surface area contributed by atoms with Gasteiger partial charge < -0.3 is 14.3 Å². The topological polar surface area (TPSA) is 106 Å². The molecule has 0 saturated carbocycles. The maximum Gasteiger partial charge on any atom is 0.305 e. The molecule has 2 rings (SSSR count). The van der Waals surface area contributed by atoms with Crippen LogP contribution in [-0.2, 0) is 14.8 Å². The highest BCUT2D eigenvalue weighted by Crippen LogP contribution is 2.20. The summed E-state index contributed by atoms with van der Waals surface area (Å²) in [6.45, 7) is 0.328. The van der Waals surface area contributed by atoms with Crippen molar-refractivity contribution in [3.63, 3.8) is 0 Å². The number of para-hydroxylation sites is 1. The van der Waals surface area contributed by atoms with Gasteiger partial charge in [-0.25, -0.2) is 18.1 Å². The van der Waals surface area contributed by atoms with Crippen molar-refractivity contribution in [1.82, 2.24) is 9.71 Å². The molecule has 0 aliphatic carbocycles. The van der Waals surface area contributed by atoms with E-state index in [1.807, 2.05) is 39.3 Å². The summed E-state index contributed by atoms with van der Waals surface area (Å²) in [6.07, 6.45) is 0.877. The average Bonchev–Trinajstić information content (AvgIpc) is 2.53. The lowest BCUT2D eigenvalue weighted by Gasteiger charge is -2.28. The number of sulfonamides is 1. The zero-order valence-electron chi connectivity index (χ0n) is 15.5. The Balaban J connectivity index is 2.13. The van der Waals surface area contributed by atoms with Crippen molar-refractivity contribution in [2.24, 2.45) is 0 Å². The number of hydrogen-bond acceptors (Lipinski definition) is 5. The molecule has 2 N–H and O–H groups in total. The molecule has 0 bridgehead atoms. The first kappa shape index (κ1) is 20.8. The van der Waals surface area contributed by atoms with Crippen molar-refractivity contribution >= 4 is 16.0 Å². The molecule has 0 fully saturated rings. The Morgan fingerprint density at radius 3 is 2.37 bits per heavy atom. The summed E-state index contributed by atoms with van der Waals surface area (Å²) >= 11 is 0. The Labute approximate surface area is 159 Å². The molecule has 1 heterocycles. The predicted octanol–water partition coefficient (Wildman–Crippen LogP) is 1.70. The molecule has 1 aromatic carbocycles. The van der Waals surface area contributed by atoms with E-state index in [0.29, 0.717) is 16.8 Å². The van der Waals surface area contributed by atoms with Crippen LogP contribution < -0.4 is 9.46 Å². The van der Waals surface area contributed by atoms with E-state index in [1.54, 1.807) is 12.1 Å². The van der Waals surface area contributed by atoms with Gasteiger partial charge in [-0.3, -0.25) is 4.79 Å². The molecule has 146 valence electrons. The van der Waals surface area contributed by atoms with Crippen molar-refractivity contribution in [3.8, 4) is 11.6 Å². The van der Waals surface area contributed by atoms with Gasteiger partial charge in [0.2, 0.25) is 15.9 Å². The first-order chi connectivity index (χ1) is 12.5. The van der Waals surface area contributed by atoms with Gasteiger partial charge in [0.25, 0.3) is 0 Å². The molecule has 0 radical (unpaired) electrons. The molecule has 0 spiro atoms. The van der Waals surface area contributed by atoms with Gasteiger partial charge in [-0.15, -0.1) is 0 Å². The van der Waals surface area contributed by atoms with Crippen LogP contribution in [0, 0.1) is 0 Å². The summed E-state index contributed by atoms with van der Waals surface area (Å²) in [7, 11) is 1.68. The zero-order valence-corrected chi connectivity index (χ0v) is 16.3. The van der Waals surface area contributed by atoms with E-state index < -0.39 is 22.0 Å². The molecule has 0 saturated heterocycles. The number of hydrogen-bond donors (Lipinski definition) is 2. The highest BCUT2D eigenvalue weighted by molar-refractivity contribution is 7.89. The minimum absolute atomic E-state index is 0.0558. The Kier molecular flexibility index (Phi) is 6.53. The zero-order chi connectivity index (χ0) is 20.1. The van der Waals surface area contributed by atoms with Crippen LogP contribution in [0.4, 0.5) is 0 Å². The van der Waals surface area contributed by atoms with Crippen LogP contribution in [0.15, 0.2) is 53.6 Å². The van der Waals surface area contributed by atoms with E-state index in [-0.39, 0.29) is 17.2 Å². The third kappa shape index (κ3) is 6.97. The highest BCUT2D eigenvalue weighted by Gasteiger charge is 2.27. The summed E-state index contributed by atoms with van der Waals surface area (Å²) in [5, 5.41) is 9.05. The Morgan fingerprint density at radius 1 is 1.19 bits per heavy atom. The molecule has 27 heavy (non-hydrogen) atoms. The van der Waals surface area contributed by atoms with Gasteiger partial charge in [0.05, 0.1) is 46.3 Å². The van der Waals surface area contributed by atoms with Gasteiger partial charge in [0.1, 0.15) is 10.6 Å². The smallest absolute Gasteiger partial charge is 0.305 e. The molecule has 0 amide bonds. The largest absolute Gasteiger partial charge is 0.481 e. The van der Waals surface area contributed by atoms with E-state index in [1.165, 1.54) is 18.3 Å². The van der Waals surface area contributed by atoms with E-state index in [0.717, 1.165) is 0 Å². The van der Waals surface area contributed by atoms with E-state index in [9.17, 15) is 13.2 Å². The van der Waals surface area contributed by atoms with Crippen LogP contribution in [0.2, 0.25) is 0 Å². The standard InChI is InChI=1S/C18H23N3O5S/c1-21(2,3)13-14(11-18(22)23)20-27(24,25)16-9-10-17(19-12-16)26-15-7-5-4-6-8-15/h4-10,12,14,20H,11,13H2,1-3H3/p+1/t14-/m0/s1. The van der Waals surface area contributed by atoms with Crippen molar-refractivity contribution in [1.29, 1.82) is 0 Å². The second-order valence-electron chi connectivity index (χ2n) is 7.14. The number of rotatable bonds is 9. The second-order valence-corrected chi connectivity index (χ2v) is 8.85. The molecule has 0 aliphatic heterocycles. The molecule has 8 nitrogen and oxygen atoms in total. The maximum atomic E-state index is 12.6. The summed E-state index contributed by atoms with van der Waals surface area (Å²) in [5.41, 5.74) is 0. The van der Waals surface area contributed by atoms with Gasteiger partial charge in [-0.05, 0) is 18.2 Å². The fourth-order valence-electron chi connectivity index (χ4n) is 2.50. The highest BCUT2D eigenvalue weighted by atomic mass is 32.2. The van der Waals surface area contributed by atoms with Gasteiger partial charge in [-0.2, -0.15) is 0 Å². The molecule has 0 unspecified atom stereocenters. The third-order valence-corrected chi connectivity index (χ3v) is 5.00. The summed E-state index contributed by atoms with van der Waals surface area (Å²) in [5.74, 6) is -0.224. The number of quaternary nitrogens is 1. The Morgan fingerprint density at radius 2 is 1.85 bits per heavy atom. The minimum atomic E-state index is -3.91. The lowest BCUT2D eigenvalue weighted by atomic mass is 10.2.